The summed E-state index contributed by atoms with van der Waals surface area (Å²) in [5.74, 6) is 3.89. The second-order valence-corrected chi connectivity index (χ2v) is 47.4. The molecule has 2 atom stereocenters. The Morgan fingerprint density at radius 1 is 0.500 bits per heavy atom. The number of fused-ring (bicyclic) bond motifs is 2. The Balaban J connectivity index is 0.00000249. The van der Waals surface area contributed by atoms with Gasteiger partial charge in [-0.05, 0) is 0 Å². The van der Waals surface area contributed by atoms with E-state index in [0.717, 1.165) is 23.0 Å². The average Bonchev–Trinajstić information content (AvgIpc) is 3.89. The molecule has 2 aliphatic carbocycles. The van der Waals surface area contributed by atoms with E-state index in [4.69, 9.17) is 8.83 Å². The predicted octanol–water partition coefficient (Wildman–Crippen LogP) is 13.7. The van der Waals surface area contributed by atoms with E-state index < -0.39 is 17.4 Å². The molecular weight excluding hydrogens is 799 g/mol. The van der Waals surface area contributed by atoms with Crippen molar-refractivity contribution in [1.29, 1.82) is 0 Å². The van der Waals surface area contributed by atoms with E-state index in [9.17, 15) is 0 Å². The average molecular weight is 851 g/mol. The van der Waals surface area contributed by atoms with E-state index >= 15 is 0 Å². The third-order valence-corrected chi connectivity index (χ3v) is 29.5. The first-order valence-electron chi connectivity index (χ1n) is 18.7. The Kier molecular flexibility index (Phi) is 10.6. The van der Waals surface area contributed by atoms with Gasteiger partial charge in [0.2, 0.25) is 0 Å². The molecule has 0 saturated heterocycles. The fraction of sp³-hybridized carbons (Fsp3) is 0.250. The van der Waals surface area contributed by atoms with Gasteiger partial charge >= 0.3 is 314 Å². The van der Waals surface area contributed by atoms with Crippen LogP contribution in [0.5, 0.6) is 0 Å². The van der Waals surface area contributed by atoms with Gasteiger partial charge in [-0.3, -0.25) is 0 Å². The summed E-state index contributed by atoms with van der Waals surface area (Å²) in [6.07, 6.45) is 5.01. The first kappa shape index (κ1) is 40.3. The molecule has 2 heterocycles. The van der Waals surface area contributed by atoms with Gasteiger partial charge in [0.1, 0.15) is 0 Å². The summed E-state index contributed by atoms with van der Waals surface area (Å²) in [5.41, 5.74) is 21.5. The zero-order chi connectivity index (χ0) is 36.9. The Hall–Kier alpha value is -3.40. The van der Waals surface area contributed by atoms with E-state index in [2.05, 4.69) is 169 Å². The van der Waals surface area contributed by atoms with Crippen LogP contribution in [-0.2, 0) is 17.4 Å². The van der Waals surface area contributed by atoms with Gasteiger partial charge in [0.15, 0.2) is 0 Å². The van der Waals surface area contributed by atoms with Crippen molar-refractivity contribution in [3.8, 4) is 22.3 Å². The molecule has 278 valence electrons. The minimum Gasteiger partial charge on any atom is -0.147 e. The Labute approximate surface area is 336 Å². The first-order valence-corrected chi connectivity index (χ1v) is 32.4. The minimum atomic E-state index is -4.20. The molecule has 0 spiro atoms. The van der Waals surface area contributed by atoms with Crippen LogP contribution in [-0.4, -0.2) is 6.88 Å². The molecule has 2 nitrogen and oxygen atoms in total. The van der Waals surface area contributed by atoms with Crippen molar-refractivity contribution in [2.24, 2.45) is 0 Å². The summed E-state index contributed by atoms with van der Waals surface area (Å²) in [4.78, 5) is 0. The number of aryl methyl sites for hydroxylation is 6. The van der Waals surface area contributed by atoms with Crippen LogP contribution in [0.3, 0.4) is 0 Å². The van der Waals surface area contributed by atoms with Crippen LogP contribution in [0.15, 0.2) is 93.8 Å². The van der Waals surface area contributed by atoms with Gasteiger partial charge in [0, 0.05) is 0 Å². The fourth-order valence-electron chi connectivity index (χ4n) is 9.53. The second kappa shape index (κ2) is 14.3. The number of hydrogen-bond acceptors (Lipinski definition) is 2. The third kappa shape index (κ3) is 6.46. The van der Waals surface area contributed by atoms with Crippen molar-refractivity contribution in [1.82, 2.24) is 0 Å². The molecule has 0 radical (unpaired) electrons. The molecule has 2 aromatic heterocycles. The smallest absolute Gasteiger partial charge is 0.147 e. The number of furan rings is 2. The zero-order valence-corrected chi connectivity index (χ0v) is 38.7. The Morgan fingerprint density at radius 2 is 0.852 bits per heavy atom. The van der Waals surface area contributed by atoms with E-state index in [-0.39, 0.29) is 32.1 Å². The van der Waals surface area contributed by atoms with Crippen molar-refractivity contribution >= 4 is 55.0 Å². The molecule has 0 bridgehead atoms. The van der Waals surface area contributed by atoms with Gasteiger partial charge in [-0.25, -0.2) is 0 Å². The number of benzene rings is 4. The molecule has 0 fully saturated rings. The van der Waals surface area contributed by atoms with Gasteiger partial charge < -0.3 is 0 Å². The topological polar surface area (TPSA) is 26.3 Å². The van der Waals surface area contributed by atoms with Gasteiger partial charge in [-0.1, -0.05) is 0 Å². The molecule has 0 aliphatic heterocycles. The van der Waals surface area contributed by atoms with E-state index in [0.29, 0.717) is 0 Å². The molecule has 54 heavy (non-hydrogen) atoms. The summed E-state index contributed by atoms with van der Waals surface area (Å²) in [6.45, 7) is 20.0. The molecule has 6 aromatic rings. The number of hydrogen-bond donors (Lipinski definition) is 0. The van der Waals surface area contributed by atoms with Gasteiger partial charge in [0.25, 0.3) is 0 Å². The van der Waals surface area contributed by atoms with Crippen molar-refractivity contribution in [2.45, 2.75) is 71.9 Å². The van der Waals surface area contributed by atoms with E-state index in [1.165, 1.54) is 89.0 Å². The number of halogens is 2. The first-order chi connectivity index (χ1) is 24.6. The zero-order valence-electron chi connectivity index (χ0n) is 33.2. The summed E-state index contributed by atoms with van der Waals surface area (Å²) in [7, 11) is 0. The van der Waals surface area contributed by atoms with Crippen molar-refractivity contribution in [3.05, 3.63) is 164 Å². The standard InChI is InChI=1S/2C23H21O.2CH3.2ClH.H2Si.Zr/c2*1-14-5-8-18(9-6-14)23-17(4)15(2)11-19-12-20(13-21(19)23)22-10-7-16(3)24-22;;;;;;/h2*5-13H,1-4H3;2*1H3;2*1H;1H2;. The number of allylic oxidation sites excluding steroid dienone is 2. The van der Waals surface area contributed by atoms with Crippen LogP contribution in [0.4, 0.5) is 0 Å². The Bertz CT molecular complexity index is 2400. The van der Waals surface area contributed by atoms with Crippen molar-refractivity contribution in [3.63, 3.8) is 0 Å². The molecule has 0 amide bonds. The van der Waals surface area contributed by atoms with E-state index in [1.807, 2.05) is 0 Å². The van der Waals surface area contributed by atoms with Crippen LogP contribution in [0.25, 0.3) is 45.6 Å². The number of rotatable bonds is 6. The molecule has 2 unspecified atom stereocenters. The SMILES string of the molecule is Cc1ccc(-c2c(C)c(C)cc3c2C=C(c2ccc(C)o2)[CH]3[Zr]([CH3])([CH3])(=[SiH2])[CH]2C(c3ccc(C)o3)=Cc3c2cc(C)c(C)c3-c2ccc(C)cc2)cc1.Cl.Cl. The molecule has 0 N–H and O–H groups in total. The predicted molar refractivity (Wildman–Crippen MR) is 235 cm³/mol. The van der Waals surface area contributed by atoms with Gasteiger partial charge in [-0.2, -0.15) is 0 Å². The fourth-order valence-corrected chi connectivity index (χ4v) is 27.9. The maximum atomic E-state index is 6.59. The normalized spacial score (nSPS) is 16.3. The van der Waals surface area contributed by atoms with Crippen LogP contribution in [0.1, 0.15) is 85.9 Å². The van der Waals surface area contributed by atoms with Crippen LogP contribution in [0.2, 0.25) is 9.26 Å². The quantitative estimate of drug-likeness (QED) is 0.156. The maximum absolute atomic E-state index is 6.59. The molecule has 8 rings (SSSR count). The van der Waals surface area contributed by atoms with Gasteiger partial charge in [-0.15, -0.1) is 24.8 Å². The monoisotopic (exact) mass is 848 g/mol. The Morgan fingerprint density at radius 3 is 1.17 bits per heavy atom. The third-order valence-electron chi connectivity index (χ3n) is 12.3. The molecular formula is C48H52Cl2O2SiZr. The largest absolute Gasteiger partial charge is 0.147 e. The maximum Gasteiger partial charge on any atom is -0.147 e. The molecule has 6 heteroatoms. The van der Waals surface area contributed by atoms with Crippen LogP contribution >= 0.6 is 24.8 Å². The van der Waals surface area contributed by atoms with Crippen molar-refractivity contribution < 1.29 is 26.2 Å². The van der Waals surface area contributed by atoms with Gasteiger partial charge in [0.05, 0.1) is 0 Å². The van der Waals surface area contributed by atoms with Crippen LogP contribution in [0, 0.1) is 55.4 Å². The van der Waals surface area contributed by atoms with E-state index in [1.54, 1.807) is 0 Å². The minimum absolute atomic E-state index is 0. The summed E-state index contributed by atoms with van der Waals surface area (Å²) in [5, 5.41) is 0. The molecule has 4 aromatic carbocycles. The summed E-state index contributed by atoms with van der Waals surface area (Å²) < 4.78 is 19.1. The molecule has 0 saturated carbocycles. The molecule has 2 aliphatic rings. The van der Waals surface area contributed by atoms with Crippen LogP contribution < -0.4 is 0 Å². The summed E-state index contributed by atoms with van der Waals surface area (Å²) >= 11 is -4.20. The second-order valence-electron chi connectivity index (χ2n) is 16.9. The summed E-state index contributed by atoms with van der Waals surface area (Å²) in [6, 6.07) is 31.9. The van der Waals surface area contributed by atoms with Crippen molar-refractivity contribution in [2.75, 3.05) is 0 Å².